The molecule has 0 atom stereocenters. The van der Waals surface area contributed by atoms with E-state index in [0.29, 0.717) is 30.2 Å². The van der Waals surface area contributed by atoms with Crippen molar-refractivity contribution in [2.45, 2.75) is 13.1 Å². The Morgan fingerprint density at radius 2 is 1.69 bits per heavy atom. The first kappa shape index (κ1) is 20.2. The van der Waals surface area contributed by atoms with E-state index in [4.69, 9.17) is 0 Å². The molecular weight excluding hydrogens is 368 g/mol. The molecule has 0 saturated heterocycles. The molecule has 1 aromatic carbocycles. The van der Waals surface area contributed by atoms with Crippen molar-refractivity contribution in [3.8, 4) is 0 Å². The van der Waals surface area contributed by atoms with Crippen LogP contribution >= 0.6 is 0 Å². The van der Waals surface area contributed by atoms with E-state index in [1.807, 2.05) is 79.1 Å². The second kappa shape index (κ2) is 10.7. The van der Waals surface area contributed by atoms with Gasteiger partial charge in [0.05, 0.1) is 24.5 Å². The number of azo groups is 1. The Balaban J connectivity index is 2.01. The summed E-state index contributed by atoms with van der Waals surface area (Å²) < 4.78 is 3.60. The monoisotopic (exact) mass is 391 g/mol. The van der Waals surface area contributed by atoms with Crippen LogP contribution in [0.25, 0.3) is 0 Å². The SMILES string of the molecule is OCCn1ccccc1=NN=C(N=Nc1cccc[n+]1CCO)c1ccccc1. The molecule has 0 saturated carbocycles. The number of pyridine rings is 2. The van der Waals surface area contributed by atoms with Gasteiger partial charge in [0.1, 0.15) is 6.54 Å². The lowest BCUT2D eigenvalue weighted by Gasteiger charge is -2.03. The normalized spacial score (nSPS) is 12.6. The quantitative estimate of drug-likeness (QED) is 0.211. The molecule has 29 heavy (non-hydrogen) atoms. The van der Waals surface area contributed by atoms with Gasteiger partial charge in [0.2, 0.25) is 5.84 Å². The second-order valence-electron chi connectivity index (χ2n) is 6.04. The molecule has 8 nitrogen and oxygen atoms in total. The van der Waals surface area contributed by atoms with Crippen molar-refractivity contribution in [2.75, 3.05) is 13.2 Å². The summed E-state index contributed by atoms with van der Waals surface area (Å²) in [6.07, 6.45) is 3.66. The van der Waals surface area contributed by atoms with Crippen LogP contribution in [0.5, 0.6) is 0 Å². The zero-order valence-corrected chi connectivity index (χ0v) is 15.9. The van der Waals surface area contributed by atoms with Gasteiger partial charge >= 0.3 is 5.82 Å². The van der Waals surface area contributed by atoms with Crippen molar-refractivity contribution >= 4 is 11.7 Å². The summed E-state index contributed by atoms with van der Waals surface area (Å²) in [5, 5.41) is 35.7. The topological polar surface area (TPSA) is 98.7 Å². The molecule has 0 amide bonds. The molecule has 3 rings (SSSR count). The minimum atomic E-state index is 0.00499. The highest BCUT2D eigenvalue weighted by Gasteiger charge is 2.10. The largest absolute Gasteiger partial charge is 0.395 e. The van der Waals surface area contributed by atoms with Crippen LogP contribution in [0.3, 0.4) is 0 Å². The van der Waals surface area contributed by atoms with E-state index >= 15 is 0 Å². The van der Waals surface area contributed by atoms with Gasteiger partial charge in [0.25, 0.3) is 0 Å². The lowest BCUT2D eigenvalue weighted by molar-refractivity contribution is -0.685. The number of hydrogen-bond donors (Lipinski definition) is 2. The molecule has 0 spiro atoms. The van der Waals surface area contributed by atoms with E-state index in [2.05, 4.69) is 20.4 Å². The van der Waals surface area contributed by atoms with Crippen LogP contribution in [0, 0.1) is 0 Å². The van der Waals surface area contributed by atoms with Gasteiger partial charge in [0, 0.05) is 24.4 Å². The molecule has 2 heterocycles. The van der Waals surface area contributed by atoms with Crippen molar-refractivity contribution in [2.24, 2.45) is 20.4 Å². The summed E-state index contributed by atoms with van der Waals surface area (Å²) in [6, 6.07) is 20.5. The fourth-order valence-electron chi connectivity index (χ4n) is 2.63. The summed E-state index contributed by atoms with van der Waals surface area (Å²) in [4.78, 5) is 0. The molecule has 8 heteroatoms. The zero-order chi connectivity index (χ0) is 20.3. The molecule has 0 aliphatic heterocycles. The van der Waals surface area contributed by atoms with Gasteiger partial charge in [-0.3, -0.25) is 0 Å². The maximum atomic E-state index is 9.23. The van der Waals surface area contributed by atoms with Crippen LogP contribution in [0.2, 0.25) is 0 Å². The average molecular weight is 391 g/mol. The van der Waals surface area contributed by atoms with E-state index < -0.39 is 0 Å². The molecule has 2 aromatic heterocycles. The van der Waals surface area contributed by atoms with Crippen molar-refractivity contribution in [1.29, 1.82) is 0 Å². The van der Waals surface area contributed by atoms with Gasteiger partial charge in [0.15, 0.2) is 5.49 Å². The summed E-state index contributed by atoms with van der Waals surface area (Å²) >= 11 is 0. The Kier molecular flexibility index (Phi) is 7.50. The van der Waals surface area contributed by atoms with Gasteiger partial charge in [-0.15, -0.1) is 10.2 Å². The minimum absolute atomic E-state index is 0.00499. The highest BCUT2D eigenvalue weighted by atomic mass is 16.3. The van der Waals surface area contributed by atoms with Gasteiger partial charge in [-0.05, 0) is 23.3 Å². The average Bonchev–Trinajstić information content (AvgIpc) is 2.77. The molecule has 0 bridgehead atoms. The summed E-state index contributed by atoms with van der Waals surface area (Å²) in [5.41, 5.74) is 1.37. The van der Waals surface area contributed by atoms with E-state index in [1.165, 1.54) is 0 Å². The summed E-state index contributed by atoms with van der Waals surface area (Å²) in [6.45, 7) is 0.848. The van der Waals surface area contributed by atoms with Crippen LogP contribution in [0.15, 0.2) is 99.6 Å². The molecule has 0 radical (unpaired) electrons. The molecule has 3 aromatic rings. The number of hydrogen-bond acceptors (Lipinski definition) is 5. The number of aliphatic hydroxyl groups excluding tert-OH is 2. The maximum Gasteiger partial charge on any atom is 0.350 e. The zero-order valence-electron chi connectivity index (χ0n) is 15.9. The predicted octanol–water partition coefficient (Wildman–Crippen LogP) is 1.81. The highest BCUT2D eigenvalue weighted by Crippen LogP contribution is 2.09. The fourth-order valence-corrected chi connectivity index (χ4v) is 2.63. The lowest BCUT2D eigenvalue weighted by Crippen LogP contribution is -2.35. The van der Waals surface area contributed by atoms with E-state index in [9.17, 15) is 10.2 Å². The molecule has 2 N–H and O–H groups in total. The first-order chi connectivity index (χ1) is 14.3. The molecule has 0 aliphatic carbocycles. The number of nitrogens with zero attached hydrogens (tertiary/aromatic N) is 6. The van der Waals surface area contributed by atoms with Crippen molar-refractivity contribution < 1.29 is 14.8 Å². The van der Waals surface area contributed by atoms with Gasteiger partial charge in [-0.1, -0.05) is 42.5 Å². The molecule has 148 valence electrons. The van der Waals surface area contributed by atoms with Crippen LogP contribution < -0.4 is 10.1 Å². The minimum Gasteiger partial charge on any atom is -0.395 e. The predicted molar refractivity (Wildman–Crippen MR) is 108 cm³/mol. The Labute approximate surface area is 168 Å². The van der Waals surface area contributed by atoms with Crippen LogP contribution in [-0.2, 0) is 13.1 Å². The standard InChI is InChI=1S/C21H23N6O2/c28-16-14-26-12-6-4-10-19(26)22-24-21(18-8-2-1-3-9-18)25-23-20-11-5-7-13-27(20)15-17-29/h1-13,28-29H,14-17H2/q+1. The Hall–Kier alpha value is -3.49. The van der Waals surface area contributed by atoms with Crippen LogP contribution in [0.1, 0.15) is 5.56 Å². The first-order valence-electron chi connectivity index (χ1n) is 9.26. The Bertz CT molecular complexity index is 1040. The molecular formula is C21H23N6O2+. The van der Waals surface area contributed by atoms with Crippen LogP contribution in [-0.4, -0.2) is 33.8 Å². The third kappa shape index (κ3) is 5.74. The van der Waals surface area contributed by atoms with Crippen molar-refractivity contribution in [3.05, 3.63) is 90.2 Å². The third-order valence-electron chi connectivity index (χ3n) is 4.04. The van der Waals surface area contributed by atoms with E-state index in [-0.39, 0.29) is 13.2 Å². The molecule has 0 aliphatic rings. The van der Waals surface area contributed by atoms with Crippen molar-refractivity contribution in [1.82, 2.24) is 4.57 Å². The number of amidine groups is 1. The second-order valence-corrected chi connectivity index (χ2v) is 6.04. The Morgan fingerprint density at radius 3 is 2.48 bits per heavy atom. The third-order valence-corrected chi connectivity index (χ3v) is 4.04. The Morgan fingerprint density at radius 1 is 0.897 bits per heavy atom. The van der Waals surface area contributed by atoms with E-state index in [1.54, 1.807) is 9.13 Å². The summed E-state index contributed by atoms with van der Waals surface area (Å²) in [7, 11) is 0. The van der Waals surface area contributed by atoms with Gasteiger partial charge in [-0.2, -0.15) is 0 Å². The summed E-state index contributed by atoms with van der Waals surface area (Å²) in [5.74, 6) is 0.949. The maximum absolute atomic E-state index is 9.23. The number of rotatable bonds is 7. The van der Waals surface area contributed by atoms with Gasteiger partial charge < -0.3 is 14.8 Å². The number of aliphatic hydroxyl groups is 2. The highest BCUT2D eigenvalue weighted by molar-refractivity contribution is 5.99. The van der Waals surface area contributed by atoms with Crippen molar-refractivity contribution in [3.63, 3.8) is 0 Å². The van der Waals surface area contributed by atoms with Gasteiger partial charge in [-0.25, -0.2) is 4.57 Å². The fraction of sp³-hybridized carbons (Fsp3) is 0.190. The lowest BCUT2D eigenvalue weighted by atomic mass is 10.2. The first-order valence-corrected chi connectivity index (χ1v) is 9.26. The molecule has 0 fully saturated rings. The van der Waals surface area contributed by atoms with E-state index in [0.717, 1.165) is 5.56 Å². The van der Waals surface area contributed by atoms with Crippen LogP contribution in [0.4, 0.5) is 5.82 Å². The smallest absolute Gasteiger partial charge is 0.350 e. The number of benzene rings is 1. The number of aromatic nitrogens is 2. The molecule has 0 unspecified atom stereocenters.